The SMILES string of the molecule is c1ccc(-c2ccc3cccc(-c4ccc(N(c5ccc(-c6ccc7ccccc7c6)cc5)c5ccc(-c6ccc7c8ccc9ccccc9c8n(-c8ccccc8)c7c6)cc5)cc4)c3c2)cc1. The highest BCUT2D eigenvalue weighted by Gasteiger charge is 2.18. The zero-order valence-corrected chi connectivity index (χ0v) is 37.3. The van der Waals surface area contributed by atoms with Gasteiger partial charge >= 0.3 is 0 Å². The second-order valence-electron chi connectivity index (χ2n) is 17.7. The maximum Gasteiger partial charge on any atom is 0.0619 e. The Morgan fingerprint density at radius 3 is 1.43 bits per heavy atom. The van der Waals surface area contributed by atoms with Crippen molar-refractivity contribution in [3.63, 3.8) is 0 Å². The van der Waals surface area contributed by atoms with Gasteiger partial charge in [0.05, 0.1) is 11.0 Å². The van der Waals surface area contributed by atoms with E-state index in [2.05, 4.69) is 276 Å². The van der Waals surface area contributed by atoms with E-state index in [1.807, 2.05) is 0 Å². The lowest BCUT2D eigenvalue weighted by molar-refractivity contribution is 1.19. The van der Waals surface area contributed by atoms with E-state index >= 15 is 0 Å². The van der Waals surface area contributed by atoms with Crippen molar-refractivity contribution >= 4 is 71.2 Å². The molecule has 1 heterocycles. The molecule has 0 N–H and O–H groups in total. The summed E-state index contributed by atoms with van der Waals surface area (Å²) in [6, 6.07) is 97.5. The Bertz CT molecular complexity index is 3980. The second kappa shape index (κ2) is 16.5. The van der Waals surface area contributed by atoms with Crippen LogP contribution in [0.4, 0.5) is 17.1 Å². The van der Waals surface area contributed by atoms with E-state index in [0.29, 0.717) is 0 Å². The maximum atomic E-state index is 2.44. The van der Waals surface area contributed by atoms with Crippen LogP contribution in [0.5, 0.6) is 0 Å². The summed E-state index contributed by atoms with van der Waals surface area (Å²) in [7, 11) is 0. The van der Waals surface area contributed by atoms with E-state index in [9.17, 15) is 0 Å². The molecule has 0 saturated heterocycles. The molecular weight excluding hydrogens is 821 g/mol. The molecule has 2 heteroatoms. The largest absolute Gasteiger partial charge is 0.311 e. The van der Waals surface area contributed by atoms with Gasteiger partial charge < -0.3 is 9.47 Å². The summed E-state index contributed by atoms with van der Waals surface area (Å²) in [4.78, 5) is 2.37. The molecule has 68 heavy (non-hydrogen) atoms. The van der Waals surface area contributed by atoms with Crippen LogP contribution in [0.25, 0.3) is 104 Å². The van der Waals surface area contributed by atoms with E-state index < -0.39 is 0 Å². The Balaban J connectivity index is 0.901. The molecule has 0 aliphatic carbocycles. The van der Waals surface area contributed by atoms with Crippen LogP contribution in [0.15, 0.2) is 267 Å². The van der Waals surface area contributed by atoms with Gasteiger partial charge in [-0.1, -0.05) is 200 Å². The maximum absolute atomic E-state index is 2.44. The van der Waals surface area contributed by atoms with Crippen molar-refractivity contribution in [2.45, 2.75) is 0 Å². The lowest BCUT2D eigenvalue weighted by Gasteiger charge is -2.26. The molecule has 1 aromatic heterocycles. The van der Waals surface area contributed by atoms with Crippen LogP contribution in [0.1, 0.15) is 0 Å². The first-order valence-electron chi connectivity index (χ1n) is 23.4. The number of hydrogen-bond donors (Lipinski definition) is 0. The third-order valence-electron chi connectivity index (χ3n) is 13.8. The van der Waals surface area contributed by atoms with E-state index in [0.717, 1.165) is 28.3 Å². The van der Waals surface area contributed by atoms with Crippen molar-refractivity contribution in [1.82, 2.24) is 4.57 Å². The summed E-state index contributed by atoms with van der Waals surface area (Å²) < 4.78 is 2.44. The molecule has 13 rings (SSSR count). The normalized spacial score (nSPS) is 11.5. The molecule has 0 aliphatic rings. The summed E-state index contributed by atoms with van der Waals surface area (Å²) in [5, 5.41) is 9.97. The average molecular weight is 865 g/mol. The monoisotopic (exact) mass is 864 g/mol. The van der Waals surface area contributed by atoms with E-state index in [4.69, 9.17) is 0 Å². The van der Waals surface area contributed by atoms with Crippen LogP contribution in [-0.2, 0) is 0 Å². The molecule has 2 nitrogen and oxygen atoms in total. The molecule has 0 radical (unpaired) electrons. The first kappa shape index (κ1) is 39.4. The van der Waals surface area contributed by atoms with Crippen LogP contribution in [0.3, 0.4) is 0 Å². The molecule has 0 bridgehead atoms. The lowest BCUT2D eigenvalue weighted by atomic mass is 9.94. The number of rotatable bonds is 8. The minimum Gasteiger partial charge on any atom is -0.311 e. The smallest absolute Gasteiger partial charge is 0.0619 e. The molecule has 12 aromatic carbocycles. The van der Waals surface area contributed by atoms with Gasteiger partial charge in [0, 0.05) is 38.9 Å². The van der Waals surface area contributed by atoms with Gasteiger partial charge in [0.1, 0.15) is 0 Å². The number of nitrogens with zero attached hydrogens (tertiary/aromatic N) is 2. The van der Waals surface area contributed by atoms with E-state index in [1.165, 1.54) is 93.1 Å². The molecule has 0 saturated carbocycles. The summed E-state index contributed by atoms with van der Waals surface area (Å²) >= 11 is 0. The highest BCUT2D eigenvalue weighted by molar-refractivity contribution is 6.19. The lowest BCUT2D eigenvalue weighted by Crippen LogP contribution is -2.09. The van der Waals surface area contributed by atoms with Gasteiger partial charge in [-0.2, -0.15) is 0 Å². The number of aromatic nitrogens is 1. The highest BCUT2D eigenvalue weighted by atomic mass is 15.1. The summed E-state index contributed by atoms with van der Waals surface area (Å²) in [5.74, 6) is 0. The molecule has 0 fully saturated rings. The summed E-state index contributed by atoms with van der Waals surface area (Å²) in [6.45, 7) is 0. The molecule has 0 amide bonds. The van der Waals surface area contributed by atoms with Crippen molar-refractivity contribution in [2.75, 3.05) is 4.90 Å². The third kappa shape index (κ3) is 6.90. The first-order valence-corrected chi connectivity index (χ1v) is 23.4. The van der Waals surface area contributed by atoms with Gasteiger partial charge in [-0.05, 0) is 138 Å². The summed E-state index contributed by atoms with van der Waals surface area (Å²) in [5.41, 5.74) is 16.4. The van der Waals surface area contributed by atoms with Gasteiger partial charge in [0.15, 0.2) is 0 Å². The predicted molar refractivity (Wildman–Crippen MR) is 290 cm³/mol. The van der Waals surface area contributed by atoms with Gasteiger partial charge in [-0.3, -0.25) is 0 Å². The molecule has 0 atom stereocenters. The van der Waals surface area contributed by atoms with Crippen LogP contribution >= 0.6 is 0 Å². The van der Waals surface area contributed by atoms with Crippen molar-refractivity contribution < 1.29 is 0 Å². The van der Waals surface area contributed by atoms with Gasteiger partial charge in [0.2, 0.25) is 0 Å². The zero-order chi connectivity index (χ0) is 45.0. The topological polar surface area (TPSA) is 8.17 Å². The van der Waals surface area contributed by atoms with Gasteiger partial charge in [-0.15, -0.1) is 0 Å². The Morgan fingerprint density at radius 1 is 0.250 bits per heavy atom. The third-order valence-corrected chi connectivity index (χ3v) is 13.8. The molecule has 0 aliphatic heterocycles. The fourth-order valence-electron chi connectivity index (χ4n) is 10.3. The molecule has 318 valence electrons. The molecule has 13 aromatic rings. The van der Waals surface area contributed by atoms with Crippen LogP contribution in [0.2, 0.25) is 0 Å². The number of para-hydroxylation sites is 1. The number of anilines is 3. The van der Waals surface area contributed by atoms with Crippen LogP contribution < -0.4 is 4.90 Å². The number of hydrogen-bond acceptors (Lipinski definition) is 1. The first-order chi connectivity index (χ1) is 33.7. The van der Waals surface area contributed by atoms with Crippen molar-refractivity contribution in [3.8, 4) is 50.2 Å². The minimum absolute atomic E-state index is 1.09. The van der Waals surface area contributed by atoms with Crippen molar-refractivity contribution in [2.24, 2.45) is 0 Å². The summed E-state index contributed by atoms with van der Waals surface area (Å²) in [6.07, 6.45) is 0. The van der Waals surface area contributed by atoms with Gasteiger partial charge in [-0.25, -0.2) is 0 Å². The molecule has 0 unspecified atom stereocenters. The second-order valence-corrected chi connectivity index (χ2v) is 17.7. The fraction of sp³-hybridized carbons (Fsp3) is 0. The van der Waals surface area contributed by atoms with Crippen molar-refractivity contribution in [3.05, 3.63) is 267 Å². The fourth-order valence-corrected chi connectivity index (χ4v) is 10.3. The molecule has 0 spiro atoms. The Hall–Kier alpha value is -8.98. The minimum atomic E-state index is 1.09. The Labute approximate surface area is 395 Å². The zero-order valence-electron chi connectivity index (χ0n) is 37.3. The van der Waals surface area contributed by atoms with Gasteiger partial charge in [0.25, 0.3) is 0 Å². The quantitative estimate of drug-likeness (QED) is 0.148. The van der Waals surface area contributed by atoms with E-state index in [-0.39, 0.29) is 0 Å². The number of fused-ring (bicyclic) bond motifs is 7. The van der Waals surface area contributed by atoms with Crippen molar-refractivity contribution in [1.29, 1.82) is 0 Å². The number of benzene rings is 12. The average Bonchev–Trinajstić information content (AvgIpc) is 3.76. The van der Waals surface area contributed by atoms with Crippen LogP contribution in [-0.4, -0.2) is 4.57 Å². The van der Waals surface area contributed by atoms with Crippen LogP contribution in [0, 0.1) is 0 Å². The highest BCUT2D eigenvalue weighted by Crippen LogP contribution is 2.42. The standard InChI is InChI=1S/C66H44N2/c1-3-12-45(13-4-1)54-25-23-50-17-11-21-60(64(50)43-54)51-30-38-59(39-31-51)67(57-34-26-47(27-35-57)53-24-22-46-14-7-8-16-52(46)42-53)58-36-28-48(29-37-58)55-33-40-62-63-41-32-49-15-9-10-20-61(49)66(63)68(65(62)44-55)56-18-5-2-6-19-56/h1-44H. The van der Waals surface area contributed by atoms with E-state index in [1.54, 1.807) is 0 Å². The Kier molecular flexibility index (Phi) is 9.54. The molecular formula is C66H44N2. The Morgan fingerprint density at radius 2 is 0.721 bits per heavy atom. The predicted octanol–water partition coefficient (Wildman–Crippen LogP) is 18.4.